The molecule has 37 heavy (non-hydrogen) atoms. The number of nitrogens with two attached hydrogens (primary N) is 2. The van der Waals surface area contributed by atoms with E-state index in [4.69, 9.17) is 21.3 Å². The number of hydrogen-bond donors (Lipinski definition) is 5. The molecular formula is C28H39N5O4. The third-order valence-corrected chi connectivity index (χ3v) is 5.82. The number of amides is 1. The lowest BCUT2D eigenvalue weighted by molar-refractivity contribution is -0.138. The molecule has 0 heterocycles. The third kappa shape index (κ3) is 10.7. The van der Waals surface area contributed by atoms with Crippen molar-refractivity contribution in [3.63, 3.8) is 0 Å². The summed E-state index contributed by atoms with van der Waals surface area (Å²) in [5.41, 5.74) is 15.2. The number of unbranched alkanes of at least 4 members (excludes halogenated alkanes) is 4. The van der Waals surface area contributed by atoms with E-state index in [1.807, 2.05) is 48.5 Å². The van der Waals surface area contributed by atoms with E-state index in [0.717, 1.165) is 23.3 Å². The van der Waals surface area contributed by atoms with Crippen LogP contribution in [0, 0.1) is 0 Å². The highest BCUT2D eigenvalue weighted by atomic mass is 16.5. The summed E-state index contributed by atoms with van der Waals surface area (Å²) in [6.07, 6.45) is 7.91. The van der Waals surface area contributed by atoms with Crippen LogP contribution in [0.25, 0.3) is 5.70 Å². The Balaban J connectivity index is 1.91. The van der Waals surface area contributed by atoms with Crippen molar-refractivity contribution in [3.05, 3.63) is 71.4 Å². The van der Waals surface area contributed by atoms with Crippen molar-refractivity contribution in [3.8, 4) is 5.75 Å². The summed E-state index contributed by atoms with van der Waals surface area (Å²) < 4.78 is 5.79. The lowest BCUT2D eigenvalue weighted by Gasteiger charge is -2.15. The molecule has 0 saturated heterocycles. The fourth-order valence-corrected chi connectivity index (χ4v) is 3.59. The minimum Gasteiger partial charge on any atom is -0.494 e. The van der Waals surface area contributed by atoms with E-state index in [1.54, 1.807) is 7.05 Å². The van der Waals surface area contributed by atoms with Crippen LogP contribution < -0.4 is 26.8 Å². The van der Waals surface area contributed by atoms with Crippen molar-refractivity contribution in [2.75, 3.05) is 20.2 Å². The number of rotatable bonds is 16. The molecule has 2 aromatic carbocycles. The largest absolute Gasteiger partial charge is 0.494 e. The number of carbonyl (C=O) groups is 2. The van der Waals surface area contributed by atoms with E-state index in [0.29, 0.717) is 30.1 Å². The van der Waals surface area contributed by atoms with Crippen LogP contribution in [0.1, 0.15) is 55.7 Å². The molecule has 0 bridgehead atoms. The second kappa shape index (κ2) is 16.0. The zero-order valence-corrected chi connectivity index (χ0v) is 21.7. The number of nitrogens with zero attached hydrogens (tertiary/aromatic N) is 1. The molecule has 7 N–H and O–H groups in total. The first-order chi connectivity index (χ1) is 17.8. The number of likely N-dealkylation sites (N-methyl/N-ethyl adjacent to an activating group) is 1. The first-order valence-electron chi connectivity index (χ1n) is 12.6. The zero-order chi connectivity index (χ0) is 27.0. The molecule has 200 valence electrons. The minimum atomic E-state index is -1.09. The van der Waals surface area contributed by atoms with Gasteiger partial charge in [-0.3, -0.25) is 9.59 Å². The lowest BCUT2D eigenvalue weighted by Crippen LogP contribution is -2.45. The summed E-state index contributed by atoms with van der Waals surface area (Å²) in [6, 6.07) is 14.4. The van der Waals surface area contributed by atoms with Crippen LogP contribution in [0.15, 0.2) is 59.7 Å². The summed E-state index contributed by atoms with van der Waals surface area (Å²) in [4.78, 5) is 27.1. The Morgan fingerprint density at radius 2 is 1.65 bits per heavy atom. The van der Waals surface area contributed by atoms with Crippen molar-refractivity contribution >= 4 is 23.4 Å². The molecule has 0 aliphatic rings. The summed E-state index contributed by atoms with van der Waals surface area (Å²) >= 11 is 0. The van der Waals surface area contributed by atoms with E-state index >= 15 is 0 Å². The highest BCUT2D eigenvalue weighted by Crippen LogP contribution is 2.17. The van der Waals surface area contributed by atoms with Gasteiger partial charge in [-0.1, -0.05) is 56.9 Å². The number of benzene rings is 2. The summed E-state index contributed by atoms with van der Waals surface area (Å²) in [5, 5.41) is 14.0. The monoisotopic (exact) mass is 509 g/mol. The van der Waals surface area contributed by atoms with Crippen molar-refractivity contribution in [2.45, 2.75) is 51.5 Å². The van der Waals surface area contributed by atoms with Gasteiger partial charge in [0, 0.05) is 5.56 Å². The van der Waals surface area contributed by atoms with Crippen molar-refractivity contribution in [1.29, 1.82) is 0 Å². The Morgan fingerprint density at radius 1 is 1.00 bits per heavy atom. The standard InChI is InChI=1S/C28H39N5O4/c1-3-4-5-6-7-16-37-23-14-12-21(13-15-23)24(29)18-32-27(30)22-10-8-20(9-11-22)17-25(31-2)28(36)33-19-26(34)35/h8-15,18,25,31H,3-7,16-17,19,29H2,1-2H3,(H2,30,32)(H,33,36)(H,34,35)/b24-18-. The number of ether oxygens (including phenoxy) is 1. The molecule has 2 rings (SSSR count). The second-order valence-electron chi connectivity index (χ2n) is 8.74. The maximum Gasteiger partial charge on any atom is 0.322 e. The van der Waals surface area contributed by atoms with Gasteiger partial charge < -0.3 is 31.9 Å². The van der Waals surface area contributed by atoms with Crippen molar-refractivity contribution in [2.24, 2.45) is 16.5 Å². The van der Waals surface area contributed by atoms with Gasteiger partial charge in [0.25, 0.3) is 0 Å². The highest BCUT2D eigenvalue weighted by Gasteiger charge is 2.17. The van der Waals surface area contributed by atoms with Crippen LogP contribution >= 0.6 is 0 Å². The lowest BCUT2D eigenvalue weighted by atomic mass is 10.0. The number of carboxylic acid groups (broad SMARTS) is 1. The van der Waals surface area contributed by atoms with Gasteiger partial charge >= 0.3 is 5.97 Å². The number of aliphatic imine (C=N–C) groups is 1. The van der Waals surface area contributed by atoms with Crippen molar-refractivity contribution < 1.29 is 19.4 Å². The normalized spacial score (nSPS) is 12.7. The number of carbonyl (C=O) groups excluding carboxylic acids is 1. The molecule has 1 amide bonds. The molecule has 9 nitrogen and oxygen atoms in total. The Labute approximate surface area is 219 Å². The second-order valence-corrected chi connectivity index (χ2v) is 8.74. The molecule has 9 heteroatoms. The molecule has 0 spiro atoms. The first kappa shape index (κ1) is 29.4. The molecule has 0 radical (unpaired) electrons. The summed E-state index contributed by atoms with van der Waals surface area (Å²) in [5.74, 6) is -0.346. The van der Waals surface area contributed by atoms with Crippen LogP contribution in [0.4, 0.5) is 0 Å². The Hall–Kier alpha value is -3.85. The number of nitrogens with one attached hydrogen (secondary N) is 2. The van der Waals surface area contributed by atoms with E-state index in [-0.39, 0.29) is 5.91 Å². The average Bonchev–Trinajstić information content (AvgIpc) is 2.91. The van der Waals surface area contributed by atoms with Gasteiger partial charge in [0.2, 0.25) is 5.91 Å². The van der Waals surface area contributed by atoms with Gasteiger partial charge in [0.05, 0.1) is 24.5 Å². The average molecular weight is 510 g/mol. The minimum absolute atomic E-state index is 0.307. The van der Waals surface area contributed by atoms with Crippen LogP contribution in [0.3, 0.4) is 0 Å². The van der Waals surface area contributed by atoms with Gasteiger partial charge in [-0.2, -0.15) is 0 Å². The SMILES string of the molecule is CCCCCCCOc1ccc(/C(N)=C/N=C(N)c2ccc(CC(NC)C(=O)NCC(=O)O)cc2)cc1. The fraction of sp³-hybridized carbons (Fsp3) is 0.393. The molecule has 0 saturated carbocycles. The zero-order valence-electron chi connectivity index (χ0n) is 21.7. The Kier molecular flexibility index (Phi) is 12.7. The molecule has 0 aliphatic heterocycles. The highest BCUT2D eigenvalue weighted by molar-refractivity contribution is 5.98. The molecule has 0 aromatic heterocycles. The number of carboxylic acids is 1. The molecule has 1 unspecified atom stereocenters. The topological polar surface area (TPSA) is 152 Å². The first-order valence-corrected chi connectivity index (χ1v) is 12.6. The fourth-order valence-electron chi connectivity index (χ4n) is 3.59. The maximum absolute atomic E-state index is 12.1. The van der Waals surface area contributed by atoms with Gasteiger partial charge in [-0.05, 0) is 55.3 Å². The smallest absolute Gasteiger partial charge is 0.322 e. The maximum atomic E-state index is 12.1. The van der Waals surface area contributed by atoms with E-state index in [9.17, 15) is 9.59 Å². The van der Waals surface area contributed by atoms with Gasteiger partial charge in [-0.15, -0.1) is 0 Å². The predicted octanol–water partition coefficient (Wildman–Crippen LogP) is 3.03. The molecule has 0 fully saturated rings. The quantitative estimate of drug-likeness (QED) is 0.132. The Bertz CT molecular complexity index is 1050. The number of aliphatic carboxylic acids is 1. The van der Waals surface area contributed by atoms with Crippen LogP contribution in [0.5, 0.6) is 5.75 Å². The van der Waals surface area contributed by atoms with Gasteiger partial charge in [0.15, 0.2) is 0 Å². The van der Waals surface area contributed by atoms with E-state index < -0.39 is 18.6 Å². The number of hydrogen-bond acceptors (Lipinski definition) is 6. The predicted molar refractivity (Wildman–Crippen MR) is 147 cm³/mol. The Morgan fingerprint density at radius 3 is 2.27 bits per heavy atom. The van der Waals surface area contributed by atoms with Crippen LogP contribution in [0.2, 0.25) is 0 Å². The van der Waals surface area contributed by atoms with Gasteiger partial charge in [0.1, 0.15) is 18.1 Å². The number of amidine groups is 1. The van der Waals surface area contributed by atoms with Crippen molar-refractivity contribution in [1.82, 2.24) is 10.6 Å². The van der Waals surface area contributed by atoms with Crippen LogP contribution in [-0.4, -0.2) is 49.1 Å². The van der Waals surface area contributed by atoms with Gasteiger partial charge in [-0.25, -0.2) is 4.99 Å². The van der Waals surface area contributed by atoms with E-state index in [1.165, 1.54) is 31.9 Å². The van der Waals surface area contributed by atoms with Crippen LogP contribution in [-0.2, 0) is 16.0 Å². The summed E-state index contributed by atoms with van der Waals surface area (Å²) in [7, 11) is 1.65. The third-order valence-electron chi connectivity index (χ3n) is 5.82. The molecule has 0 aliphatic carbocycles. The molecular weight excluding hydrogens is 470 g/mol. The summed E-state index contributed by atoms with van der Waals surface area (Å²) in [6.45, 7) is 2.49. The molecule has 2 aromatic rings. The van der Waals surface area contributed by atoms with E-state index in [2.05, 4.69) is 22.5 Å². The molecule has 1 atom stereocenters.